The minimum absolute atomic E-state index is 0.364. The van der Waals surface area contributed by atoms with Crippen molar-refractivity contribution in [2.24, 2.45) is 0 Å². The summed E-state index contributed by atoms with van der Waals surface area (Å²) in [4.78, 5) is 11.1. The van der Waals surface area contributed by atoms with Gasteiger partial charge in [0.15, 0.2) is 0 Å². The summed E-state index contributed by atoms with van der Waals surface area (Å²) in [5.41, 5.74) is 0. The maximum Gasteiger partial charge on any atom is 0.752 e. The van der Waals surface area contributed by atoms with Crippen LogP contribution in [0, 0.1) is 0 Å². The molecule has 0 spiro atoms. The van der Waals surface area contributed by atoms with Crippen LogP contribution in [0.3, 0.4) is 0 Å². The van der Waals surface area contributed by atoms with Crippen LogP contribution in [-0.2, 0) is 17.7 Å². The molecule has 7 heteroatoms. The molecule has 0 bridgehead atoms. The number of nitrogens with one attached hydrogen (secondary N) is 1. The highest BCUT2D eigenvalue weighted by atomic mass is 28.4. The molecule has 0 heterocycles. The highest BCUT2D eigenvalue weighted by Gasteiger charge is 2.49. The fourth-order valence-corrected chi connectivity index (χ4v) is 2.72. The van der Waals surface area contributed by atoms with Crippen molar-refractivity contribution < 1.29 is 22.5 Å². The lowest BCUT2D eigenvalue weighted by atomic mass is 10.9. The van der Waals surface area contributed by atoms with E-state index in [1.165, 1.54) is 7.05 Å². The molecule has 0 aromatic carbocycles. The molecule has 15 heavy (non-hydrogen) atoms. The van der Waals surface area contributed by atoms with Crippen molar-refractivity contribution in [2.75, 3.05) is 26.9 Å². The van der Waals surface area contributed by atoms with Gasteiger partial charge in [-0.25, -0.2) is 4.79 Å². The van der Waals surface area contributed by atoms with Crippen molar-refractivity contribution in [3.05, 3.63) is 0 Å². The molecule has 0 aliphatic heterocycles. The zero-order valence-corrected chi connectivity index (χ0v) is 10.7. The fraction of sp³-hybridized carbons (Fsp3) is 0.875. The molecule has 0 aliphatic rings. The number of rotatable bonds is 7. The lowest BCUT2D eigenvalue weighted by Gasteiger charge is -2.25. The van der Waals surface area contributed by atoms with Crippen LogP contribution in [0.2, 0.25) is 0 Å². The summed E-state index contributed by atoms with van der Waals surface area (Å²) in [6, 6.07) is 0. The van der Waals surface area contributed by atoms with Gasteiger partial charge in [0, 0.05) is 26.9 Å². The summed E-state index contributed by atoms with van der Waals surface area (Å²) < 4.78 is 20.9. The fourth-order valence-electron chi connectivity index (χ4n) is 0.908. The van der Waals surface area contributed by atoms with Gasteiger partial charge in [-0.2, -0.15) is 0 Å². The molecule has 6 nitrogen and oxygen atoms in total. The van der Waals surface area contributed by atoms with Crippen molar-refractivity contribution in [2.45, 2.75) is 20.8 Å². The van der Waals surface area contributed by atoms with E-state index >= 15 is 0 Å². The van der Waals surface area contributed by atoms with Gasteiger partial charge >= 0.3 is 15.1 Å². The van der Waals surface area contributed by atoms with Crippen molar-refractivity contribution in [1.29, 1.82) is 0 Å². The summed E-state index contributed by atoms with van der Waals surface area (Å²) in [5, 5.41) is 2.33. The van der Waals surface area contributed by atoms with Crippen molar-refractivity contribution in [1.82, 2.24) is 5.32 Å². The maximum absolute atomic E-state index is 11.1. The number of amides is 1. The van der Waals surface area contributed by atoms with Gasteiger partial charge in [-0.3, -0.25) is 0 Å². The number of hydrogen-bond donors (Lipinski definition) is 1. The quantitative estimate of drug-likeness (QED) is 0.666. The van der Waals surface area contributed by atoms with Crippen LogP contribution in [-0.4, -0.2) is 42.0 Å². The Morgan fingerprint density at radius 3 is 1.73 bits per heavy atom. The van der Waals surface area contributed by atoms with Gasteiger partial charge in [-0.05, 0) is 20.8 Å². The molecular weight excluding hydrogens is 218 g/mol. The summed E-state index contributed by atoms with van der Waals surface area (Å²) in [7, 11) is -1.83. The Bertz CT molecular complexity index is 173. The smallest absolute Gasteiger partial charge is 0.435 e. The van der Waals surface area contributed by atoms with E-state index in [-0.39, 0.29) is 0 Å². The van der Waals surface area contributed by atoms with Crippen molar-refractivity contribution >= 4 is 15.1 Å². The van der Waals surface area contributed by atoms with Gasteiger partial charge in [0.25, 0.3) is 0 Å². The summed E-state index contributed by atoms with van der Waals surface area (Å²) in [5.74, 6) is 0. The molecule has 90 valence electrons. The van der Waals surface area contributed by atoms with Crippen molar-refractivity contribution in [3.63, 3.8) is 0 Å². The molecular formula is C8H19NO5Si. The van der Waals surface area contributed by atoms with E-state index in [0.29, 0.717) is 19.8 Å². The lowest BCUT2D eigenvalue weighted by Crippen LogP contribution is -2.52. The molecule has 0 fully saturated rings. The van der Waals surface area contributed by atoms with E-state index in [2.05, 4.69) is 5.32 Å². The van der Waals surface area contributed by atoms with Crippen LogP contribution >= 0.6 is 0 Å². The zero-order valence-electron chi connectivity index (χ0n) is 9.66. The molecule has 0 radical (unpaired) electrons. The van der Waals surface area contributed by atoms with Gasteiger partial charge in [-0.15, -0.1) is 0 Å². The Labute approximate surface area is 91.3 Å². The first-order chi connectivity index (χ1) is 7.14. The Balaban J connectivity index is 4.51. The summed E-state index contributed by atoms with van der Waals surface area (Å²) >= 11 is 0. The van der Waals surface area contributed by atoms with E-state index < -0.39 is 15.1 Å². The molecule has 1 N–H and O–H groups in total. The van der Waals surface area contributed by atoms with E-state index in [1.54, 1.807) is 20.8 Å². The Hall–Kier alpha value is -0.633. The normalized spacial score (nSPS) is 11.2. The van der Waals surface area contributed by atoms with Gasteiger partial charge in [0.1, 0.15) is 0 Å². The minimum Gasteiger partial charge on any atom is -0.435 e. The van der Waals surface area contributed by atoms with Gasteiger partial charge < -0.3 is 23.0 Å². The molecule has 0 atom stereocenters. The Morgan fingerprint density at radius 1 is 1.07 bits per heavy atom. The van der Waals surface area contributed by atoms with E-state index in [1.807, 2.05) is 0 Å². The summed E-state index contributed by atoms with van der Waals surface area (Å²) in [6.45, 7) is 6.45. The summed E-state index contributed by atoms with van der Waals surface area (Å²) in [6.07, 6.45) is -0.614. The van der Waals surface area contributed by atoms with Crippen LogP contribution in [0.1, 0.15) is 20.8 Å². The molecule has 0 aromatic rings. The number of carbonyl (C=O) groups is 1. The molecule has 0 saturated heterocycles. The average Bonchev–Trinajstić information content (AvgIpc) is 2.18. The molecule has 0 aromatic heterocycles. The first-order valence-corrected chi connectivity index (χ1v) is 6.60. The van der Waals surface area contributed by atoms with E-state index in [4.69, 9.17) is 17.7 Å². The van der Waals surface area contributed by atoms with E-state index in [9.17, 15) is 4.79 Å². The molecule has 0 rings (SSSR count). The van der Waals surface area contributed by atoms with Crippen LogP contribution in [0.25, 0.3) is 0 Å². The minimum atomic E-state index is -3.29. The number of hydrogen-bond acceptors (Lipinski definition) is 5. The van der Waals surface area contributed by atoms with Gasteiger partial charge in [-0.1, -0.05) is 0 Å². The molecule has 0 unspecified atom stereocenters. The van der Waals surface area contributed by atoms with Gasteiger partial charge in [0.05, 0.1) is 0 Å². The average molecular weight is 237 g/mol. The second kappa shape index (κ2) is 7.63. The van der Waals surface area contributed by atoms with Crippen LogP contribution < -0.4 is 5.32 Å². The first-order valence-electron chi connectivity index (χ1n) is 4.96. The molecule has 0 saturated carbocycles. The third-order valence-corrected chi connectivity index (χ3v) is 3.75. The third kappa shape index (κ3) is 5.12. The third-order valence-electron chi connectivity index (χ3n) is 1.39. The molecule has 1 amide bonds. The van der Waals surface area contributed by atoms with Crippen LogP contribution in [0.4, 0.5) is 4.79 Å². The Morgan fingerprint density at radius 2 is 1.47 bits per heavy atom. The van der Waals surface area contributed by atoms with Crippen LogP contribution in [0.5, 0.6) is 0 Å². The second-order valence-electron chi connectivity index (χ2n) is 2.44. The first kappa shape index (κ1) is 14.4. The van der Waals surface area contributed by atoms with Gasteiger partial charge in [0.2, 0.25) is 0 Å². The predicted octanol–water partition coefficient (Wildman–Crippen LogP) is 0.887. The van der Waals surface area contributed by atoms with Crippen molar-refractivity contribution in [3.8, 4) is 0 Å². The largest absolute Gasteiger partial charge is 0.752 e. The second-order valence-corrected chi connectivity index (χ2v) is 4.51. The standard InChI is InChI=1S/C8H19NO5Si/c1-5-11-15(12-6-2,13-7-3)14-8(10)9-4/h5-7H2,1-4H3,(H,9,10). The predicted molar refractivity (Wildman–Crippen MR) is 56.2 cm³/mol. The lowest BCUT2D eigenvalue weighted by molar-refractivity contribution is -0.00559. The number of carbonyl (C=O) groups excluding carboxylic acids is 1. The zero-order chi connectivity index (χ0) is 11.7. The maximum atomic E-state index is 11.1. The molecule has 0 aliphatic carbocycles. The highest BCUT2D eigenvalue weighted by Crippen LogP contribution is 2.11. The van der Waals surface area contributed by atoms with E-state index in [0.717, 1.165) is 0 Å². The van der Waals surface area contributed by atoms with Crippen LogP contribution in [0.15, 0.2) is 0 Å². The highest BCUT2D eigenvalue weighted by molar-refractivity contribution is 6.55. The topological polar surface area (TPSA) is 66.0 Å². The monoisotopic (exact) mass is 237 g/mol. The Kier molecular flexibility index (Phi) is 7.31. The SMILES string of the molecule is CCO[Si](OCC)(OCC)OC(=O)NC.